The molecule has 0 aliphatic carbocycles. The number of rotatable bonds is 8. The van der Waals surface area contributed by atoms with Crippen LogP contribution < -0.4 is 11.5 Å². The maximum absolute atomic E-state index is 11.6. The van der Waals surface area contributed by atoms with Crippen LogP contribution in [0.5, 0.6) is 0 Å². The summed E-state index contributed by atoms with van der Waals surface area (Å²) in [6.45, 7) is 6.93. The Bertz CT molecular complexity index is 2390. The van der Waals surface area contributed by atoms with Crippen molar-refractivity contribution in [1.82, 2.24) is 4.90 Å². The number of nitrogen functional groups attached to an aromatic ring is 1. The van der Waals surface area contributed by atoms with Crippen molar-refractivity contribution < 1.29 is 42.9 Å². The van der Waals surface area contributed by atoms with Gasteiger partial charge in [-0.1, -0.05) is 36.4 Å². The molecule has 2 aliphatic heterocycles. The van der Waals surface area contributed by atoms with Crippen LogP contribution in [0.15, 0.2) is 98.2 Å². The van der Waals surface area contributed by atoms with Gasteiger partial charge in [-0.3, -0.25) is 39.9 Å². The summed E-state index contributed by atoms with van der Waals surface area (Å²) in [5.74, 6) is -1.16. The van der Waals surface area contributed by atoms with Crippen LogP contribution in [0.1, 0.15) is 66.9 Å². The molecular formula is C39H41N11O8V. The average Bonchev–Trinajstić information content (AvgIpc) is 3.92. The molecule has 2 amide bonds. The van der Waals surface area contributed by atoms with Gasteiger partial charge in [0.1, 0.15) is 0 Å². The maximum atomic E-state index is 11.6. The molecule has 59 heavy (non-hydrogen) atoms. The van der Waals surface area contributed by atoms with Crippen molar-refractivity contribution >= 4 is 64.8 Å². The van der Waals surface area contributed by atoms with Crippen LogP contribution in [-0.4, -0.2) is 75.8 Å². The van der Waals surface area contributed by atoms with E-state index in [0.717, 1.165) is 40.2 Å². The minimum atomic E-state index is -0.664. The predicted molar refractivity (Wildman–Crippen MR) is 223 cm³/mol. The van der Waals surface area contributed by atoms with Gasteiger partial charge in [-0.05, 0) is 51.5 Å². The molecule has 0 atom stereocenters. The Morgan fingerprint density at radius 3 is 1.47 bits per heavy atom. The van der Waals surface area contributed by atoms with Crippen molar-refractivity contribution in [3.05, 3.63) is 148 Å². The summed E-state index contributed by atoms with van der Waals surface area (Å²) in [5.41, 5.74) is 18.3. The Labute approximate surface area is 350 Å². The van der Waals surface area contributed by atoms with Crippen molar-refractivity contribution in [3.63, 3.8) is 0 Å². The minimum absolute atomic E-state index is 0. The molecule has 0 spiro atoms. The molecule has 2 heterocycles. The first-order valence-corrected chi connectivity index (χ1v) is 17.2. The molecule has 19 nitrogen and oxygen atoms in total. The molecule has 0 unspecified atom stereocenters. The van der Waals surface area contributed by atoms with Crippen molar-refractivity contribution in [2.45, 2.75) is 40.5 Å². The number of aliphatic imine (C=N–C) groups is 1. The Hall–Kier alpha value is -7.25. The zero-order valence-electron chi connectivity index (χ0n) is 33.0. The second-order valence-corrected chi connectivity index (χ2v) is 12.8. The standard InChI is InChI=1S/C11H13N3O3.C10H9N3O2.C10H11N3.C8H8N2O3.V/c1-8-4-5-9(6-10(8)14(16)17)11(15)12-7-13(2)3;1-7-2-3-8(6-10(7)13(14)15)9-4-5-11-12-9;1-7-2-3-8(6-9(7)11)10-4-5-12-13-10;1-5-2-3-6(8(9)11)4-7(5)10(12)13;/h4-7H,1-3H3;2-3,5-6H,4H2,1H3;2-3,5-6H,4,11H2,1H3;2-4H,1H3,(H2,9,11);. The molecule has 0 aromatic heterocycles. The second-order valence-electron chi connectivity index (χ2n) is 12.8. The van der Waals surface area contributed by atoms with Crippen LogP contribution >= 0.6 is 0 Å². The van der Waals surface area contributed by atoms with Crippen LogP contribution in [0.2, 0.25) is 0 Å². The normalized spacial score (nSPS) is 12.0. The van der Waals surface area contributed by atoms with E-state index in [1.165, 1.54) is 42.7 Å². The van der Waals surface area contributed by atoms with Gasteiger partial charge in [0.2, 0.25) is 5.91 Å². The molecule has 4 N–H and O–H groups in total. The largest absolute Gasteiger partial charge is 0.398 e. The van der Waals surface area contributed by atoms with Gasteiger partial charge in [0.15, 0.2) is 0 Å². The summed E-state index contributed by atoms with van der Waals surface area (Å²) in [5, 5.41) is 47.3. The van der Waals surface area contributed by atoms with Crippen molar-refractivity contribution in [2.75, 3.05) is 19.8 Å². The van der Waals surface area contributed by atoms with Crippen LogP contribution in [0.25, 0.3) is 0 Å². The Morgan fingerprint density at radius 2 is 1.07 bits per heavy atom. The number of hydrogen-bond donors (Lipinski definition) is 2. The summed E-state index contributed by atoms with van der Waals surface area (Å²) >= 11 is 0. The number of anilines is 1. The van der Waals surface area contributed by atoms with E-state index in [9.17, 15) is 39.9 Å². The predicted octanol–water partition coefficient (Wildman–Crippen LogP) is 6.47. The molecular weight excluding hydrogens is 801 g/mol. The topological polar surface area (TPSA) is 281 Å². The third kappa shape index (κ3) is 14.3. The molecule has 0 saturated heterocycles. The smallest absolute Gasteiger partial charge is 0.278 e. The number of benzene rings is 4. The molecule has 0 bridgehead atoms. The van der Waals surface area contributed by atoms with Gasteiger partial charge in [0, 0.05) is 121 Å². The summed E-state index contributed by atoms with van der Waals surface area (Å²) in [4.78, 5) is 58.0. The zero-order chi connectivity index (χ0) is 43.1. The van der Waals surface area contributed by atoms with Crippen LogP contribution in [0.4, 0.5) is 22.7 Å². The molecule has 305 valence electrons. The third-order valence-electron chi connectivity index (χ3n) is 8.19. The van der Waals surface area contributed by atoms with E-state index < -0.39 is 21.7 Å². The first-order valence-electron chi connectivity index (χ1n) is 17.2. The fourth-order valence-electron chi connectivity index (χ4n) is 4.85. The van der Waals surface area contributed by atoms with Gasteiger partial charge in [-0.25, -0.2) is 0 Å². The van der Waals surface area contributed by atoms with E-state index in [0.29, 0.717) is 23.1 Å². The summed E-state index contributed by atoms with van der Waals surface area (Å²) in [7, 11) is 3.46. The SMILES string of the molecule is Cc1ccc(C(=O)N=CN(C)C)cc1[N+](=O)[O-].Cc1ccc(C(N)=O)cc1[N+](=O)[O-].Cc1ccc(C2=NN=CC2)cc1N.Cc1ccc(C2=NN=CC2)cc1[N+](=O)[O-].[V]. The number of carbonyl (C=O) groups excluding carboxylic acids is 2. The molecule has 4 aromatic carbocycles. The number of carbonyl (C=O) groups is 2. The third-order valence-corrected chi connectivity index (χ3v) is 8.19. The summed E-state index contributed by atoms with van der Waals surface area (Å²) in [6, 6.07) is 19.5. The number of primary amides is 1. The monoisotopic (exact) mass is 842 g/mol. The van der Waals surface area contributed by atoms with Gasteiger partial charge < -0.3 is 16.4 Å². The Morgan fingerprint density at radius 1 is 0.661 bits per heavy atom. The van der Waals surface area contributed by atoms with Crippen LogP contribution in [0, 0.1) is 58.0 Å². The molecule has 20 heteroatoms. The Kier molecular flexibility index (Phi) is 18.3. The van der Waals surface area contributed by atoms with Crippen LogP contribution in [-0.2, 0) is 18.6 Å². The van der Waals surface area contributed by atoms with E-state index in [1.807, 2.05) is 31.2 Å². The van der Waals surface area contributed by atoms with Gasteiger partial charge in [-0.2, -0.15) is 25.4 Å². The molecule has 1 radical (unpaired) electrons. The van der Waals surface area contributed by atoms with Gasteiger partial charge in [-0.15, -0.1) is 0 Å². The number of nitro benzene ring substituents is 3. The average molecular weight is 843 g/mol. The quantitative estimate of drug-likeness (QED) is 0.0641. The van der Waals surface area contributed by atoms with Gasteiger partial charge >= 0.3 is 0 Å². The molecule has 4 aromatic rings. The maximum Gasteiger partial charge on any atom is 0.278 e. The second kappa shape index (κ2) is 22.5. The van der Waals surface area contributed by atoms with Crippen molar-refractivity contribution in [1.29, 1.82) is 0 Å². The number of nitrogens with two attached hydrogens (primary N) is 2. The first kappa shape index (κ1) is 47.9. The molecule has 0 saturated carbocycles. The molecule has 6 rings (SSSR count). The molecule has 0 fully saturated rings. The van der Waals surface area contributed by atoms with E-state index in [2.05, 4.69) is 25.4 Å². The van der Waals surface area contributed by atoms with E-state index >= 15 is 0 Å². The first-order chi connectivity index (χ1) is 27.4. The number of hydrogen-bond acceptors (Lipinski definition) is 13. The van der Waals surface area contributed by atoms with Crippen molar-refractivity contribution in [2.24, 2.45) is 31.1 Å². The van der Waals surface area contributed by atoms with Gasteiger partial charge in [0.05, 0.1) is 32.5 Å². The number of amides is 2. The summed E-state index contributed by atoms with van der Waals surface area (Å²) < 4.78 is 0. The number of nitro groups is 3. The molecule has 2 aliphatic rings. The number of nitrogens with zero attached hydrogens (tertiary/aromatic N) is 9. The van der Waals surface area contributed by atoms with Gasteiger partial charge in [0.25, 0.3) is 23.0 Å². The van der Waals surface area contributed by atoms with E-state index in [-0.39, 0.29) is 51.7 Å². The van der Waals surface area contributed by atoms with Crippen molar-refractivity contribution in [3.8, 4) is 0 Å². The summed E-state index contributed by atoms with van der Waals surface area (Å²) in [6.07, 6.45) is 6.28. The fourth-order valence-corrected chi connectivity index (χ4v) is 4.85. The zero-order valence-corrected chi connectivity index (χ0v) is 34.4. The van der Waals surface area contributed by atoms with E-state index in [1.54, 1.807) is 64.3 Å². The number of aryl methyl sites for hydroxylation is 4. The Balaban J connectivity index is 0.000000271. The fraction of sp³-hybridized carbons (Fsp3) is 0.205. The van der Waals surface area contributed by atoms with Crippen LogP contribution in [0.3, 0.4) is 0 Å². The minimum Gasteiger partial charge on any atom is -0.398 e. The van der Waals surface area contributed by atoms with E-state index in [4.69, 9.17) is 11.5 Å².